The van der Waals surface area contributed by atoms with Crippen molar-refractivity contribution in [1.82, 2.24) is 5.32 Å². The number of nitrogens with one attached hydrogen (secondary N) is 1. The van der Waals surface area contributed by atoms with E-state index in [1.54, 1.807) is 0 Å². The lowest BCUT2D eigenvalue weighted by Gasteiger charge is -2.18. The van der Waals surface area contributed by atoms with E-state index in [9.17, 15) is 4.79 Å². The maximum atomic E-state index is 11.7. The van der Waals surface area contributed by atoms with Gasteiger partial charge in [-0.05, 0) is 38.0 Å². The first-order valence-corrected chi connectivity index (χ1v) is 6.86. The zero-order valence-electron chi connectivity index (χ0n) is 11.8. The van der Waals surface area contributed by atoms with Crippen LogP contribution in [0.25, 0.3) is 0 Å². The Morgan fingerprint density at radius 2 is 2.11 bits per heavy atom. The van der Waals surface area contributed by atoms with Crippen molar-refractivity contribution < 1.29 is 4.79 Å². The molecule has 0 bridgehead atoms. The largest absolute Gasteiger partial charge is 0.312 e. The fourth-order valence-corrected chi connectivity index (χ4v) is 2.31. The highest BCUT2D eigenvalue weighted by Crippen LogP contribution is 2.23. The monoisotopic (exact) mass is 258 g/mol. The third-order valence-electron chi connectivity index (χ3n) is 3.49. The molecule has 1 heterocycles. The van der Waals surface area contributed by atoms with Gasteiger partial charge >= 0.3 is 0 Å². The van der Waals surface area contributed by atoms with E-state index in [4.69, 9.17) is 0 Å². The number of benzene rings is 1. The topological polar surface area (TPSA) is 32.3 Å². The van der Waals surface area contributed by atoms with Crippen molar-refractivity contribution in [2.45, 2.75) is 32.7 Å². The summed E-state index contributed by atoms with van der Waals surface area (Å²) >= 11 is 0. The van der Waals surface area contributed by atoms with Crippen molar-refractivity contribution in [3.05, 3.63) is 42.0 Å². The number of amides is 1. The quantitative estimate of drug-likeness (QED) is 0.823. The SMILES string of the molecule is C=C(C)CNC(C)c1ccc(N2CCCC2=O)cc1. The third-order valence-corrected chi connectivity index (χ3v) is 3.49. The summed E-state index contributed by atoms with van der Waals surface area (Å²) in [6.45, 7) is 9.72. The molecule has 19 heavy (non-hydrogen) atoms. The molecule has 2 rings (SSSR count). The maximum Gasteiger partial charge on any atom is 0.227 e. The van der Waals surface area contributed by atoms with Gasteiger partial charge in [0.1, 0.15) is 0 Å². The Hall–Kier alpha value is -1.61. The molecule has 1 aliphatic rings. The number of carbonyl (C=O) groups is 1. The van der Waals surface area contributed by atoms with Crippen molar-refractivity contribution >= 4 is 11.6 Å². The van der Waals surface area contributed by atoms with E-state index in [2.05, 4.69) is 31.0 Å². The van der Waals surface area contributed by atoms with Gasteiger partial charge in [-0.1, -0.05) is 24.3 Å². The van der Waals surface area contributed by atoms with E-state index in [1.165, 1.54) is 5.56 Å². The van der Waals surface area contributed by atoms with E-state index < -0.39 is 0 Å². The van der Waals surface area contributed by atoms with Crippen molar-refractivity contribution in [2.75, 3.05) is 18.0 Å². The van der Waals surface area contributed by atoms with Gasteiger partial charge in [-0.3, -0.25) is 4.79 Å². The Bertz CT molecular complexity index is 464. The molecule has 1 atom stereocenters. The molecule has 0 saturated carbocycles. The lowest BCUT2D eigenvalue weighted by atomic mass is 10.1. The summed E-state index contributed by atoms with van der Waals surface area (Å²) in [6, 6.07) is 8.56. The van der Waals surface area contributed by atoms with Crippen LogP contribution in [0.5, 0.6) is 0 Å². The van der Waals surface area contributed by atoms with Crippen LogP contribution in [0.2, 0.25) is 0 Å². The molecule has 1 N–H and O–H groups in total. The zero-order chi connectivity index (χ0) is 13.8. The fourth-order valence-electron chi connectivity index (χ4n) is 2.31. The van der Waals surface area contributed by atoms with Gasteiger partial charge < -0.3 is 10.2 Å². The Morgan fingerprint density at radius 1 is 1.42 bits per heavy atom. The fraction of sp³-hybridized carbons (Fsp3) is 0.438. The van der Waals surface area contributed by atoms with Crippen LogP contribution in [0, 0.1) is 0 Å². The lowest BCUT2D eigenvalue weighted by molar-refractivity contribution is -0.117. The van der Waals surface area contributed by atoms with E-state index in [0.717, 1.165) is 30.8 Å². The second-order valence-corrected chi connectivity index (χ2v) is 5.30. The molecule has 1 aromatic carbocycles. The van der Waals surface area contributed by atoms with Crippen molar-refractivity contribution in [1.29, 1.82) is 0 Å². The van der Waals surface area contributed by atoms with E-state index >= 15 is 0 Å². The van der Waals surface area contributed by atoms with Gasteiger partial charge in [0.05, 0.1) is 0 Å². The minimum atomic E-state index is 0.237. The molecular weight excluding hydrogens is 236 g/mol. The summed E-state index contributed by atoms with van der Waals surface area (Å²) in [4.78, 5) is 13.5. The van der Waals surface area contributed by atoms with Gasteiger partial charge in [-0.25, -0.2) is 0 Å². The molecule has 3 heteroatoms. The Morgan fingerprint density at radius 3 is 2.63 bits per heavy atom. The van der Waals surface area contributed by atoms with Gasteiger partial charge in [-0.15, -0.1) is 0 Å². The van der Waals surface area contributed by atoms with Crippen LogP contribution in [-0.2, 0) is 4.79 Å². The molecule has 1 aliphatic heterocycles. The van der Waals surface area contributed by atoms with Crippen LogP contribution in [-0.4, -0.2) is 19.0 Å². The standard InChI is InChI=1S/C16H22N2O/c1-12(2)11-17-13(3)14-6-8-15(9-7-14)18-10-4-5-16(18)19/h6-9,13,17H,1,4-5,10-11H2,2-3H3. The van der Waals surface area contributed by atoms with Crippen molar-refractivity contribution in [3.8, 4) is 0 Å². The van der Waals surface area contributed by atoms with Crippen molar-refractivity contribution in [2.24, 2.45) is 0 Å². The molecule has 0 spiro atoms. The highest BCUT2D eigenvalue weighted by molar-refractivity contribution is 5.95. The lowest BCUT2D eigenvalue weighted by Crippen LogP contribution is -2.24. The van der Waals surface area contributed by atoms with Crippen LogP contribution in [0.15, 0.2) is 36.4 Å². The van der Waals surface area contributed by atoms with Gasteiger partial charge in [0, 0.05) is 31.2 Å². The number of nitrogens with zero attached hydrogens (tertiary/aromatic N) is 1. The minimum absolute atomic E-state index is 0.237. The van der Waals surface area contributed by atoms with E-state index in [-0.39, 0.29) is 5.91 Å². The first-order valence-electron chi connectivity index (χ1n) is 6.86. The summed E-state index contributed by atoms with van der Waals surface area (Å²) < 4.78 is 0. The summed E-state index contributed by atoms with van der Waals surface area (Å²) in [5, 5.41) is 3.42. The first kappa shape index (κ1) is 13.8. The van der Waals surface area contributed by atoms with Crippen molar-refractivity contribution in [3.63, 3.8) is 0 Å². The molecule has 1 amide bonds. The molecule has 0 aromatic heterocycles. The Labute approximate surface area is 115 Å². The zero-order valence-corrected chi connectivity index (χ0v) is 11.8. The van der Waals surface area contributed by atoms with Gasteiger partial charge in [0.15, 0.2) is 0 Å². The molecule has 0 aliphatic carbocycles. The summed E-state index contributed by atoms with van der Waals surface area (Å²) in [5.41, 5.74) is 3.38. The normalized spacial score (nSPS) is 16.7. The second kappa shape index (κ2) is 6.02. The first-order chi connectivity index (χ1) is 9.08. The predicted molar refractivity (Wildman–Crippen MR) is 79.3 cm³/mol. The van der Waals surface area contributed by atoms with Crippen LogP contribution in [0.4, 0.5) is 5.69 Å². The Kier molecular flexibility index (Phi) is 4.38. The number of carbonyl (C=O) groups excluding carboxylic acids is 1. The van der Waals surface area contributed by atoms with Gasteiger partial charge in [0.25, 0.3) is 0 Å². The highest BCUT2D eigenvalue weighted by Gasteiger charge is 2.21. The van der Waals surface area contributed by atoms with Crippen LogP contribution < -0.4 is 10.2 Å². The summed E-state index contributed by atoms with van der Waals surface area (Å²) in [5.74, 6) is 0.237. The number of hydrogen-bond donors (Lipinski definition) is 1. The average molecular weight is 258 g/mol. The van der Waals surface area contributed by atoms with Crippen LogP contribution in [0.1, 0.15) is 38.3 Å². The molecular formula is C16H22N2O. The molecule has 1 unspecified atom stereocenters. The number of hydrogen-bond acceptors (Lipinski definition) is 2. The molecule has 1 aromatic rings. The summed E-state index contributed by atoms with van der Waals surface area (Å²) in [6.07, 6.45) is 1.65. The second-order valence-electron chi connectivity index (χ2n) is 5.30. The highest BCUT2D eigenvalue weighted by atomic mass is 16.2. The number of rotatable bonds is 5. The molecule has 3 nitrogen and oxygen atoms in total. The molecule has 1 fully saturated rings. The Balaban J connectivity index is 2.01. The van der Waals surface area contributed by atoms with Crippen LogP contribution in [0.3, 0.4) is 0 Å². The van der Waals surface area contributed by atoms with E-state index in [1.807, 2.05) is 24.0 Å². The average Bonchev–Trinajstić information content (AvgIpc) is 2.82. The number of anilines is 1. The predicted octanol–water partition coefficient (Wildman–Crippen LogP) is 3.04. The van der Waals surface area contributed by atoms with Crippen LogP contribution >= 0.6 is 0 Å². The maximum absolute atomic E-state index is 11.7. The van der Waals surface area contributed by atoms with E-state index in [0.29, 0.717) is 12.5 Å². The molecule has 1 saturated heterocycles. The van der Waals surface area contributed by atoms with Gasteiger partial charge in [-0.2, -0.15) is 0 Å². The molecule has 102 valence electrons. The minimum Gasteiger partial charge on any atom is -0.312 e. The summed E-state index contributed by atoms with van der Waals surface area (Å²) in [7, 11) is 0. The third kappa shape index (κ3) is 3.44. The smallest absolute Gasteiger partial charge is 0.227 e. The molecule has 0 radical (unpaired) electrons. The van der Waals surface area contributed by atoms with Gasteiger partial charge in [0.2, 0.25) is 5.91 Å².